The predicted octanol–water partition coefficient (Wildman–Crippen LogP) is 1.89. The second kappa shape index (κ2) is 7.64. The molecule has 0 unspecified atom stereocenters. The number of nitrogens with one attached hydrogen (secondary N) is 1. The molecule has 0 bridgehead atoms. The van der Waals surface area contributed by atoms with Gasteiger partial charge >= 0.3 is 0 Å². The van der Waals surface area contributed by atoms with E-state index in [9.17, 15) is 23.2 Å². The van der Waals surface area contributed by atoms with E-state index in [1.54, 1.807) is 9.47 Å². The number of benzene rings is 1. The largest absolute Gasteiger partial charge is 0.354 e. The summed E-state index contributed by atoms with van der Waals surface area (Å²) in [4.78, 5) is 39.6. The molecule has 158 valence electrons. The number of carbonyl (C=O) groups excluding carboxylic acids is 2. The topological polar surface area (TPSA) is 80.6 Å². The molecule has 1 saturated heterocycles. The van der Waals surface area contributed by atoms with Gasteiger partial charge in [-0.25, -0.2) is 8.78 Å². The number of nitrogens with zero attached hydrogens (tertiary/aromatic N) is 2. The van der Waals surface area contributed by atoms with Crippen LogP contribution in [0.4, 0.5) is 8.78 Å². The van der Waals surface area contributed by atoms with Gasteiger partial charge in [0.25, 0.3) is 11.8 Å². The molecule has 1 aromatic heterocycles. The van der Waals surface area contributed by atoms with Crippen LogP contribution in [-0.4, -0.2) is 40.2 Å². The molecule has 0 aliphatic carbocycles. The highest BCUT2D eigenvalue weighted by Crippen LogP contribution is 2.29. The van der Waals surface area contributed by atoms with E-state index in [0.29, 0.717) is 13.2 Å². The summed E-state index contributed by atoms with van der Waals surface area (Å²) in [5.74, 6) is -2.32. The first kappa shape index (κ1) is 20.2. The minimum Gasteiger partial charge on any atom is -0.354 e. The Kier molecular flexibility index (Phi) is 5.15. The Balaban J connectivity index is 1.56. The van der Waals surface area contributed by atoms with Crippen molar-refractivity contribution in [1.29, 1.82) is 0 Å². The number of pyridine rings is 1. The van der Waals surface area contributed by atoms with Crippen molar-refractivity contribution in [3.8, 4) is 0 Å². The number of amides is 2. The lowest BCUT2D eigenvalue weighted by molar-refractivity contribution is 0.00478. The molecule has 1 aromatic carbocycles. The zero-order chi connectivity index (χ0) is 21.6. The summed E-state index contributed by atoms with van der Waals surface area (Å²) in [6.07, 6.45) is 0.874. The Hall–Kier alpha value is -3.07. The van der Waals surface area contributed by atoms with Crippen molar-refractivity contribution >= 4 is 11.8 Å². The lowest BCUT2D eigenvalue weighted by Gasteiger charge is -2.35. The van der Waals surface area contributed by atoms with Crippen LogP contribution in [0.15, 0.2) is 35.3 Å². The highest BCUT2D eigenvalue weighted by Gasteiger charge is 2.43. The summed E-state index contributed by atoms with van der Waals surface area (Å²) >= 11 is 0. The van der Waals surface area contributed by atoms with E-state index in [1.807, 2.05) is 13.8 Å². The van der Waals surface area contributed by atoms with Crippen LogP contribution >= 0.6 is 0 Å². The molecular weight excluding hydrogens is 396 g/mol. The maximum absolute atomic E-state index is 13.8. The van der Waals surface area contributed by atoms with Crippen molar-refractivity contribution in [1.82, 2.24) is 14.8 Å². The van der Waals surface area contributed by atoms with Gasteiger partial charge in [-0.05, 0) is 12.0 Å². The van der Waals surface area contributed by atoms with Gasteiger partial charge in [-0.3, -0.25) is 14.4 Å². The summed E-state index contributed by atoms with van der Waals surface area (Å²) in [5.41, 5.74) is -0.478. The summed E-state index contributed by atoms with van der Waals surface area (Å²) < 4.78 is 34.0. The summed E-state index contributed by atoms with van der Waals surface area (Å²) in [6, 6.07) is 4.11. The van der Waals surface area contributed by atoms with Gasteiger partial charge in [0.2, 0.25) is 0 Å². The smallest absolute Gasteiger partial charge is 0.273 e. The standard InChI is InChI=1S/C21H21F2N3O4/c1-11(2)17-10-30-19-9-25-8-14(18(27)6-16(25)21(29)26(17)19)20(28)24-7-12-3-4-13(22)5-15(12)23/h3-6,8,11,17,19H,7,9-10H2,1-2H3,(H,24,28)/t17-,19-/m1/s1. The Labute approximate surface area is 171 Å². The first-order chi connectivity index (χ1) is 14.3. The molecule has 1 N–H and O–H groups in total. The highest BCUT2D eigenvalue weighted by molar-refractivity contribution is 5.97. The quantitative estimate of drug-likeness (QED) is 0.824. The lowest BCUT2D eigenvalue weighted by atomic mass is 10.0. The number of rotatable bonds is 4. The van der Waals surface area contributed by atoms with Crippen molar-refractivity contribution in [3.05, 3.63) is 69.1 Å². The van der Waals surface area contributed by atoms with Gasteiger partial charge in [0.1, 0.15) is 22.9 Å². The van der Waals surface area contributed by atoms with Gasteiger partial charge in [0, 0.05) is 30.4 Å². The summed E-state index contributed by atoms with van der Waals surface area (Å²) in [5, 5.41) is 2.46. The van der Waals surface area contributed by atoms with Gasteiger partial charge in [0.05, 0.1) is 19.2 Å². The van der Waals surface area contributed by atoms with Crippen molar-refractivity contribution < 1.29 is 23.1 Å². The minimum atomic E-state index is -0.791. The molecule has 3 heterocycles. The van der Waals surface area contributed by atoms with Crippen molar-refractivity contribution in [3.63, 3.8) is 0 Å². The third kappa shape index (κ3) is 3.49. The molecule has 2 aromatic rings. The van der Waals surface area contributed by atoms with Crippen molar-refractivity contribution in [2.75, 3.05) is 6.61 Å². The predicted molar refractivity (Wildman–Crippen MR) is 103 cm³/mol. The van der Waals surface area contributed by atoms with Crippen LogP contribution < -0.4 is 10.7 Å². The zero-order valence-corrected chi connectivity index (χ0v) is 16.5. The van der Waals surface area contributed by atoms with E-state index < -0.39 is 29.2 Å². The van der Waals surface area contributed by atoms with Crippen LogP contribution in [0, 0.1) is 17.6 Å². The van der Waals surface area contributed by atoms with E-state index >= 15 is 0 Å². The van der Waals surface area contributed by atoms with Crippen LogP contribution in [0.25, 0.3) is 0 Å². The molecule has 7 nitrogen and oxygen atoms in total. The third-order valence-electron chi connectivity index (χ3n) is 5.53. The normalized spacial score (nSPS) is 20.3. The Bertz CT molecular complexity index is 1080. The van der Waals surface area contributed by atoms with Gasteiger partial charge < -0.3 is 19.5 Å². The fourth-order valence-corrected chi connectivity index (χ4v) is 3.84. The Morgan fingerprint density at radius 3 is 2.73 bits per heavy atom. The first-order valence-corrected chi connectivity index (χ1v) is 9.67. The van der Waals surface area contributed by atoms with Gasteiger partial charge in [-0.1, -0.05) is 19.9 Å². The van der Waals surface area contributed by atoms with Gasteiger partial charge in [0.15, 0.2) is 11.7 Å². The monoisotopic (exact) mass is 417 g/mol. The summed E-state index contributed by atoms with van der Waals surface area (Å²) in [6.45, 7) is 4.52. The van der Waals surface area contributed by atoms with Crippen LogP contribution in [0.3, 0.4) is 0 Å². The lowest BCUT2D eigenvalue weighted by Crippen LogP contribution is -2.51. The Morgan fingerprint density at radius 1 is 1.27 bits per heavy atom. The molecule has 2 atom stereocenters. The second-order valence-corrected chi connectivity index (χ2v) is 7.82. The van der Waals surface area contributed by atoms with E-state index in [0.717, 1.165) is 18.2 Å². The molecule has 0 radical (unpaired) electrons. The van der Waals surface area contributed by atoms with E-state index in [4.69, 9.17) is 4.74 Å². The van der Waals surface area contributed by atoms with Gasteiger partial charge in [-0.15, -0.1) is 0 Å². The SMILES string of the molecule is CC(C)[C@H]1CO[C@@H]2Cn3cc(C(=O)NCc4ccc(F)cc4F)c(=O)cc3C(=O)N12. The molecule has 4 rings (SSSR count). The number of ether oxygens (including phenoxy) is 1. The fourth-order valence-electron chi connectivity index (χ4n) is 3.84. The fraction of sp³-hybridized carbons (Fsp3) is 0.381. The number of aromatic nitrogens is 1. The molecule has 30 heavy (non-hydrogen) atoms. The second-order valence-electron chi connectivity index (χ2n) is 7.82. The maximum atomic E-state index is 13.8. The molecule has 2 aliphatic heterocycles. The summed E-state index contributed by atoms with van der Waals surface area (Å²) in [7, 11) is 0. The molecule has 9 heteroatoms. The van der Waals surface area contributed by atoms with Crippen LogP contribution in [-0.2, 0) is 17.8 Å². The zero-order valence-electron chi connectivity index (χ0n) is 16.5. The number of carbonyl (C=O) groups is 2. The van der Waals surface area contributed by atoms with Crippen molar-refractivity contribution in [2.24, 2.45) is 5.92 Å². The number of hydrogen-bond donors (Lipinski definition) is 1. The van der Waals surface area contributed by atoms with Crippen LogP contribution in [0.5, 0.6) is 0 Å². The molecule has 2 amide bonds. The molecule has 0 spiro atoms. The third-order valence-corrected chi connectivity index (χ3v) is 5.53. The molecule has 0 saturated carbocycles. The number of halogens is 2. The van der Waals surface area contributed by atoms with Crippen LogP contribution in [0.2, 0.25) is 0 Å². The van der Waals surface area contributed by atoms with Crippen LogP contribution in [0.1, 0.15) is 40.3 Å². The van der Waals surface area contributed by atoms with Gasteiger partial charge in [-0.2, -0.15) is 0 Å². The maximum Gasteiger partial charge on any atom is 0.273 e. The molecule has 1 fully saturated rings. The average molecular weight is 417 g/mol. The van der Waals surface area contributed by atoms with Crippen molar-refractivity contribution in [2.45, 2.75) is 39.2 Å². The Morgan fingerprint density at radius 2 is 2.03 bits per heavy atom. The minimum absolute atomic E-state index is 0.0695. The number of fused-ring (bicyclic) bond motifs is 2. The molecular formula is C21H21F2N3O4. The molecule has 2 aliphatic rings. The van der Waals surface area contributed by atoms with E-state index in [-0.39, 0.29) is 41.2 Å². The average Bonchev–Trinajstić information content (AvgIpc) is 3.12. The first-order valence-electron chi connectivity index (χ1n) is 9.67. The highest BCUT2D eigenvalue weighted by atomic mass is 19.1. The number of hydrogen-bond acceptors (Lipinski definition) is 4. The van der Waals surface area contributed by atoms with E-state index in [2.05, 4.69) is 5.32 Å². The van der Waals surface area contributed by atoms with E-state index in [1.165, 1.54) is 12.3 Å².